The standard InChI is InChI=1S/C16H28N4S.HI/c1-5-16(7-6-8-16)11-19-15(17-4)18-9-13-10-21-14(20-13)12(2)3;/h10,12H,5-9,11H2,1-4H3,(H2,17,18,19);1H. The van der Waals surface area contributed by atoms with Gasteiger partial charge in [-0.15, -0.1) is 35.3 Å². The van der Waals surface area contributed by atoms with E-state index in [2.05, 4.69) is 46.8 Å². The number of guanidine groups is 1. The smallest absolute Gasteiger partial charge is 0.191 e. The van der Waals surface area contributed by atoms with E-state index in [1.807, 2.05) is 7.05 Å². The van der Waals surface area contributed by atoms with Crippen LogP contribution in [0.15, 0.2) is 10.4 Å². The molecule has 0 unspecified atom stereocenters. The molecule has 0 aromatic carbocycles. The lowest BCUT2D eigenvalue weighted by molar-refractivity contribution is 0.131. The predicted octanol–water partition coefficient (Wildman–Crippen LogP) is 4.13. The van der Waals surface area contributed by atoms with Crippen molar-refractivity contribution in [2.75, 3.05) is 13.6 Å². The first-order chi connectivity index (χ1) is 10.1. The summed E-state index contributed by atoms with van der Waals surface area (Å²) in [6.45, 7) is 8.41. The minimum Gasteiger partial charge on any atom is -0.356 e. The number of rotatable bonds is 6. The Hall–Kier alpha value is -0.370. The number of nitrogens with zero attached hydrogens (tertiary/aromatic N) is 2. The van der Waals surface area contributed by atoms with E-state index >= 15 is 0 Å². The number of hydrogen-bond acceptors (Lipinski definition) is 3. The SMILES string of the molecule is CCC1(CNC(=NC)NCc2csc(C(C)C)n2)CCC1.I. The molecule has 1 aromatic heterocycles. The average molecular weight is 436 g/mol. The van der Waals surface area contributed by atoms with Crippen LogP contribution in [0.25, 0.3) is 0 Å². The summed E-state index contributed by atoms with van der Waals surface area (Å²) in [5.74, 6) is 1.39. The predicted molar refractivity (Wildman–Crippen MR) is 106 cm³/mol. The highest BCUT2D eigenvalue weighted by Gasteiger charge is 2.34. The van der Waals surface area contributed by atoms with Crippen molar-refractivity contribution in [1.29, 1.82) is 0 Å². The third-order valence-electron chi connectivity index (χ3n) is 4.52. The molecular formula is C16H29IN4S. The van der Waals surface area contributed by atoms with Crippen LogP contribution in [0.4, 0.5) is 0 Å². The molecule has 0 atom stereocenters. The highest BCUT2D eigenvalue weighted by atomic mass is 127. The molecule has 1 aliphatic rings. The van der Waals surface area contributed by atoms with E-state index < -0.39 is 0 Å². The van der Waals surface area contributed by atoms with Crippen molar-refractivity contribution in [3.05, 3.63) is 16.1 Å². The van der Waals surface area contributed by atoms with Crippen LogP contribution in [-0.4, -0.2) is 24.5 Å². The van der Waals surface area contributed by atoms with E-state index in [4.69, 9.17) is 0 Å². The first-order valence-electron chi connectivity index (χ1n) is 7.97. The molecule has 126 valence electrons. The summed E-state index contributed by atoms with van der Waals surface area (Å²) in [6, 6.07) is 0. The van der Waals surface area contributed by atoms with Crippen LogP contribution >= 0.6 is 35.3 Å². The van der Waals surface area contributed by atoms with Crippen LogP contribution in [0.3, 0.4) is 0 Å². The Morgan fingerprint density at radius 2 is 2.14 bits per heavy atom. The lowest BCUT2D eigenvalue weighted by atomic mass is 9.67. The number of hydrogen-bond donors (Lipinski definition) is 2. The molecule has 0 saturated heterocycles. The Morgan fingerprint density at radius 3 is 2.59 bits per heavy atom. The average Bonchev–Trinajstić information content (AvgIpc) is 2.90. The molecule has 6 heteroatoms. The van der Waals surface area contributed by atoms with Crippen molar-refractivity contribution in [2.45, 2.75) is 58.9 Å². The van der Waals surface area contributed by atoms with E-state index in [0.717, 1.165) is 24.7 Å². The minimum absolute atomic E-state index is 0. The highest BCUT2D eigenvalue weighted by Crippen LogP contribution is 2.42. The lowest BCUT2D eigenvalue weighted by Crippen LogP contribution is -2.46. The molecule has 1 aliphatic carbocycles. The van der Waals surface area contributed by atoms with Gasteiger partial charge in [-0.25, -0.2) is 4.98 Å². The van der Waals surface area contributed by atoms with Crippen molar-refractivity contribution in [3.63, 3.8) is 0 Å². The zero-order valence-corrected chi connectivity index (χ0v) is 17.3. The first kappa shape index (κ1) is 19.7. The Balaban J connectivity index is 0.00000242. The van der Waals surface area contributed by atoms with Crippen LogP contribution in [0, 0.1) is 5.41 Å². The second-order valence-corrected chi connectivity index (χ2v) is 7.21. The van der Waals surface area contributed by atoms with Crippen molar-refractivity contribution < 1.29 is 0 Å². The Kier molecular flexibility index (Phi) is 8.10. The summed E-state index contributed by atoms with van der Waals surface area (Å²) in [7, 11) is 1.83. The molecule has 2 rings (SSSR count). The molecule has 1 saturated carbocycles. The molecule has 1 fully saturated rings. The van der Waals surface area contributed by atoms with Gasteiger partial charge in [0.1, 0.15) is 0 Å². The third-order valence-corrected chi connectivity index (χ3v) is 5.71. The molecular weight excluding hydrogens is 407 g/mol. The van der Waals surface area contributed by atoms with Crippen LogP contribution in [0.1, 0.15) is 63.1 Å². The van der Waals surface area contributed by atoms with Gasteiger partial charge in [0.05, 0.1) is 17.2 Å². The van der Waals surface area contributed by atoms with Crippen molar-refractivity contribution in [2.24, 2.45) is 10.4 Å². The summed E-state index contributed by atoms with van der Waals surface area (Å²) in [5, 5.41) is 10.2. The molecule has 4 nitrogen and oxygen atoms in total. The Bertz CT molecular complexity index is 475. The number of aromatic nitrogens is 1. The van der Waals surface area contributed by atoms with Gasteiger partial charge in [-0.05, 0) is 24.7 Å². The van der Waals surface area contributed by atoms with Crippen LogP contribution in [0.5, 0.6) is 0 Å². The fraction of sp³-hybridized carbons (Fsp3) is 0.750. The third kappa shape index (κ3) is 5.08. The summed E-state index contributed by atoms with van der Waals surface area (Å²) in [6.07, 6.45) is 5.31. The van der Waals surface area contributed by atoms with E-state index in [1.54, 1.807) is 11.3 Å². The molecule has 0 aliphatic heterocycles. The summed E-state index contributed by atoms with van der Waals surface area (Å²) >= 11 is 1.74. The summed E-state index contributed by atoms with van der Waals surface area (Å²) in [5.41, 5.74) is 1.60. The molecule has 22 heavy (non-hydrogen) atoms. The number of aliphatic imine (C=N–C) groups is 1. The normalized spacial score (nSPS) is 16.9. The van der Waals surface area contributed by atoms with Gasteiger partial charge in [0.2, 0.25) is 0 Å². The fourth-order valence-corrected chi connectivity index (χ4v) is 3.50. The second-order valence-electron chi connectivity index (χ2n) is 6.32. The van der Waals surface area contributed by atoms with Crippen molar-refractivity contribution in [1.82, 2.24) is 15.6 Å². The molecule has 2 N–H and O–H groups in total. The van der Waals surface area contributed by atoms with Gasteiger partial charge in [-0.1, -0.05) is 27.2 Å². The second kappa shape index (κ2) is 9.05. The zero-order chi connectivity index (χ0) is 15.3. The fourth-order valence-electron chi connectivity index (χ4n) is 2.67. The highest BCUT2D eigenvalue weighted by molar-refractivity contribution is 14.0. The van der Waals surface area contributed by atoms with E-state index in [1.165, 1.54) is 30.7 Å². The molecule has 0 bridgehead atoms. The summed E-state index contributed by atoms with van der Waals surface area (Å²) < 4.78 is 0. The molecule has 0 amide bonds. The van der Waals surface area contributed by atoms with Crippen LogP contribution < -0.4 is 10.6 Å². The van der Waals surface area contributed by atoms with E-state index in [0.29, 0.717) is 11.3 Å². The number of nitrogens with one attached hydrogen (secondary N) is 2. The monoisotopic (exact) mass is 436 g/mol. The number of thiazole rings is 1. The topological polar surface area (TPSA) is 49.3 Å². The van der Waals surface area contributed by atoms with Crippen LogP contribution in [-0.2, 0) is 6.54 Å². The molecule has 1 heterocycles. The Labute approximate surface area is 155 Å². The molecule has 1 aromatic rings. The zero-order valence-electron chi connectivity index (χ0n) is 14.1. The quantitative estimate of drug-likeness (QED) is 0.401. The van der Waals surface area contributed by atoms with Gasteiger partial charge in [0.15, 0.2) is 5.96 Å². The van der Waals surface area contributed by atoms with E-state index in [9.17, 15) is 0 Å². The van der Waals surface area contributed by atoms with Crippen LogP contribution in [0.2, 0.25) is 0 Å². The minimum atomic E-state index is 0. The summed E-state index contributed by atoms with van der Waals surface area (Å²) in [4.78, 5) is 8.95. The van der Waals surface area contributed by atoms with Gasteiger partial charge < -0.3 is 10.6 Å². The van der Waals surface area contributed by atoms with Crippen molar-refractivity contribution >= 4 is 41.3 Å². The van der Waals surface area contributed by atoms with Gasteiger partial charge in [0, 0.05) is 24.9 Å². The van der Waals surface area contributed by atoms with E-state index in [-0.39, 0.29) is 24.0 Å². The van der Waals surface area contributed by atoms with Gasteiger partial charge in [-0.3, -0.25) is 4.99 Å². The maximum Gasteiger partial charge on any atom is 0.191 e. The van der Waals surface area contributed by atoms with Crippen molar-refractivity contribution in [3.8, 4) is 0 Å². The van der Waals surface area contributed by atoms with Gasteiger partial charge >= 0.3 is 0 Å². The molecule has 0 spiro atoms. The largest absolute Gasteiger partial charge is 0.356 e. The Morgan fingerprint density at radius 1 is 1.41 bits per heavy atom. The van der Waals surface area contributed by atoms with Gasteiger partial charge in [0.25, 0.3) is 0 Å². The maximum absolute atomic E-state index is 4.64. The number of halogens is 1. The first-order valence-corrected chi connectivity index (χ1v) is 8.85. The molecule has 0 radical (unpaired) electrons. The lowest BCUT2D eigenvalue weighted by Gasteiger charge is -2.41. The van der Waals surface area contributed by atoms with Gasteiger partial charge in [-0.2, -0.15) is 0 Å². The maximum atomic E-state index is 4.64.